The summed E-state index contributed by atoms with van der Waals surface area (Å²) in [6.45, 7) is 7.64. The van der Waals surface area contributed by atoms with Gasteiger partial charge in [0, 0.05) is 24.2 Å². The molecule has 1 saturated heterocycles. The molecule has 0 atom stereocenters. The molecule has 0 bridgehead atoms. The Morgan fingerprint density at radius 3 is 2.43 bits per heavy atom. The van der Waals surface area contributed by atoms with E-state index in [1.54, 1.807) is 30.3 Å². The van der Waals surface area contributed by atoms with Crippen LogP contribution >= 0.6 is 0 Å². The number of para-hydroxylation sites is 2. The molecule has 5 heteroatoms. The van der Waals surface area contributed by atoms with Crippen molar-refractivity contribution in [1.29, 1.82) is 0 Å². The van der Waals surface area contributed by atoms with Gasteiger partial charge in [-0.1, -0.05) is 25.1 Å². The number of carbonyl (C=O) groups is 2. The lowest BCUT2D eigenvalue weighted by molar-refractivity contribution is 0.0697. The van der Waals surface area contributed by atoms with E-state index < -0.39 is 0 Å². The molecule has 1 aliphatic rings. The first-order valence-corrected chi connectivity index (χ1v) is 9.90. The van der Waals surface area contributed by atoms with Crippen molar-refractivity contribution in [2.24, 2.45) is 5.92 Å². The molecule has 1 fully saturated rings. The van der Waals surface area contributed by atoms with Gasteiger partial charge in [0.05, 0.1) is 11.8 Å². The van der Waals surface area contributed by atoms with Crippen molar-refractivity contribution in [2.45, 2.75) is 39.7 Å². The lowest BCUT2D eigenvalue weighted by atomic mass is 9.98. The Hall–Kier alpha value is -2.82. The van der Waals surface area contributed by atoms with Crippen molar-refractivity contribution in [3.05, 3.63) is 59.7 Å². The van der Waals surface area contributed by atoms with Crippen molar-refractivity contribution >= 4 is 17.5 Å². The smallest absolute Gasteiger partial charge is 0.255 e. The highest BCUT2D eigenvalue weighted by Crippen LogP contribution is 2.25. The Kier molecular flexibility index (Phi) is 6.34. The Morgan fingerprint density at radius 1 is 1.04 bits per heavy atom. The number of amides is 2. The second kappa shape index (κ2) is 8.91. The van der Waals surface area contributed by atoms with Crippen LogP contribution in [0.4, 0.5) is 5.69 Å². The molecule has 0 spiro atoms. The third-order valence-electron chi connectivity index (χ3n) is 4.94. The number of nitrogens with one attached hydrogen (secondary N) is 1. The lowest BCUT2D eigenvalue weighted by Crippen LogP contribution is -2.38. The minimum absolute atomic E-state index is 0.00580. The molecule has 0 aliphatic carbocycles. The average molecular weight is 380 g/mol. The van der Waals surface area contributed by atoms with Gasteiger partial charge >= 0.3 is 0 Å². The van der Waals surface area contributed by atoms with Crippen molar-refractivity contribution in [1.82, 2.24) is 4.90 Å². The maximum absolute atomic E-state index is 12.8. The van der Waals surface area contributed by atoms with Crippen LogP contribution in [0.2, 0.25) is 0 Å². The molecular formula is C23H28N2O3. The number of benzene rings is 2. The van der Waals surface area contributed by atoms with E-state index >= 15 is 0 Å². The van der Waals surface area contributed by atoms with Crippen LogP contribution in [0, 0.1) is 5.92 Å². The number of piperidine rings is 1. The Morgan fingerprint density at radius 2 is 1.71 bits per heavy atom. The van der Waals surface area contributed by atoms with Gasteiger partial charge in [-0.05, 0) is 62.9 Å². The van der Waals surface area contributed by atoms with Gasteiger partial charge in [-0.15, -0.1) is 0 Å². The number of carbonyl (C=O) groups excluding carboxylic acids is 2. The van der Waals surface area contributed by atoms with E-state index in [0.717, 1.165) is 25.9 Å². The van der Waals surface area contributed by atoms with E-state index in [9.17, 15) is 9.59 Å². The molecule has 1 N–H and O–H groups in total. The van der Waals surface area contributed by atoms with Gasteiger partial charge in [-0.3, -0.25) is 9.59 Å². The van der Waals surface area contributed by atoms with Crippen LogP contribution in [0.1, 0.15) is 54.3 Å². The monoisotopic (exact) mass is 380 g/mol. The topological polar surface area (TPSA) is 58.6 Å². The normalized spacial score (nSPS) is 14.8. The van der Waals surface area contributed by atoms with Crippen molar-refractivity contribution in [2.75, 3.05) is 18.4 Å². The summed E-state index contributed by atoms with van der Waals surface area (Å²) in [7, 11) is 0. The van der Waals surface area contributed by atoms with Gasteiger partial charge in [0.2, 0.25) is 0 Å². The van der Waals surface area contributed by atoms with Gasteiger partial charge in [0.1, 0.15) is 5.75 Å². The zero-order valence-electron chi connectivity index (χ0n) is 16.8. The van der Waals surface area contributed by atoms with Crippen LogP contribution in [0.5, 0.6) is 5.75 Å². The Labute approximate surface area is 166 Å². The number of anilines is 1. The summed E-state index contributed by atoms with van der Waals surface area (Å²) in [4.78, 5) is 27.4. The second-order valence-electron chi connectivity index (χ2n) is 7.67. The van der Waals surface area contributed by atoms with E-state index in [1.807, 2.05) is 36.9 Å². The molecule has 2 amide bonds. The number of hydrogen-bond acceptors (Lipinski definition) is 3. The Balaban J connectivity index is 1.73. The summed E-state index contributed by atoms with van der Waals surface area (Å²) in [6.07, 6.45) is 2.06. The van der Waals surface area contributed by atoms with Crippen molar-refractivity contribution in [3.8, 4) is 5.75 Å². The third kappa shape index (κ3) is 4.91. The van der Waals surface area contributed by atoms with Crippen LogP contribution in [0.3, 0.4) is 0 Å². The first-order valence-electron chi connectivity index (χ1n) is 9.90. The van der Waals surface area contributed by atoms with Crippen LogP contribution in [-0.2, 0) is 0 Å². The van der Waals surface area contributed by atoms with E-state index in [4.69, 9.17) is 4.74 Å². The maximum Gasteiger partial charge on any atom is 0.255 e. The van der Waals surface area contributed by atoms with Gasteiger partial charge in [0.25, 0.3) is 11.8 Å². The standard InChI is InChI=1S/C23H28N2O3/c1-16(2)28-21-10-5-4-9-20(21)24-22(26)18-7-6-8-19(15-18)23(27)25-13-11-17(3)12-14-25/h4-10,15-17H,11-14H2,1-3H3,(H,24,26). The molecule has 0 aromatic heterocycles. The van der Waals surface area contributed by atoms with Gasteiger partial charge in [-0.25, -0.2) is 0 Å². The summed E-state index contributed by atoms with van der Waals surface area (Å²) in [5, 5.41) is 2.89. The fourth-order valence-corrected chi connectivity index (χ4v) is 3.31. The molecule has 0 saturated carbocycles. The minimum atomic E-state index is -0.262. The fraction of sp³-hybridized carbons (Fsp3) is 0.391. The van der Waals surface area contributed by atoms with Crippen LogP contribution < -0.4 is 10.1 Å². The molecular weight excluding hydrogens is 352 g/mol. The summed E-state index contributed by atoms with van der Waals surface area (Å²) in [6, 6.07) is 14.3. The van der Waals surface area contributed by atoms with Crippen LogP contribution in [0.15, 0.2) is 48.5 Å². The summed E-state index contributed by atoms with van der Waals surface area (Å²) in [5.74, 6) is 1.02. The number of rotatable bonds is 5. The van der Waals surface area contributed by atoms with Crippen molar-refractivity contribution in [3.63, 3.8) is 0 Å². The highest BCUT2D eigenvalue weighted by atomic mass is 16.5. The van der Waals surface area contributed by atoms with E-state index in [0.29, 0.717) is 28.5 Å². The number of likely N-dealkylation sites (tertiary alicyclic amines) is 1. The predicted molar refractivity (Wildman–Crippen MR) is 111 cm³/mol. The van der Waals surface area contributed by atoms with E-state index in [2.05, 4.69) is 12.2 Å². The van der Waals surface area contributed by atoms with Crippen LogP contribution in [-0.4, -0.2) is 35.9 Å². The van der Waals surface area contributed by atoms with Gasteiger partial charge in [-0.2, -0.15) is 0 Å². The fourth-order valence-electron chi connectivity index (χ4n) is 3.31. The van der Waals surface area contributed by atoms with Crippen molar-refractivity contribution < 1.29 is 14.3 Å². The molecule has 148 valence electrons. The molecule has 2 aromatic rings. The molecule has 5 nitrogen and oxygen atoms in total. The first kappa shape index (κ1) is 19.9. The highest BCUT2D eigenvalue weighted by Gasteiger charge is 2.22. The summed E-state index contributed by atoms with van der Waals surface area (Å²) >= 11 is 0. The maximum atomic E-state index is 12.8. The highest BCUT2D eigenvalue weighted by molar-refractivity contribution is 6.06. The first-order chi connectivity index (χ1) is 13.4. The molecule has 2 aromatic carbocycles. The minimum Gasteiger partial charge on any atom is -0.489 e. The molecule has 1 aliphatic heterocycles. The van der Waals surface area contributed by atoms with Gasteiger partial charge < -0.3 is 15.0 Å². The van der Waals surface area contributed by atoms with Gasteiger partial charge in [0.15, 0.2) is 0 Å². The van der Waals surface area contributed by atoms with Crippen LogP contribution in [0.25, 0.3) is 0 Å². The van der Waals surface area contributed by atoms with E-state index in [-0.39, 0.29) is 17.9 Å². The average Bonchev–Trinajstić information content (AvgIpc) is 2.69. The zero-order valence-corrected chi connectivity index (χ0v) is 16.8. The number of hydrogen-bond donors (Lipinski definition) is 1. The largest absolute Gasteiger partial charge is 0.489 e. The third-order valence-corrected chi connectivity index (χ3v) is 4.94. The SMILES string of the molecule is CC1CCN(C(=O)c2cccc(C(=O)Nc3ccccc3OC(C)C)c2)CC1. The molecule has 0 radical (unpaired) electrons. The zero-order chi connectivity index (χ0) is 20.1. The molecule has 28 heavy (non-hydrogen) atoms. The predicted octanol–water partition coefficient (Wildman–Crippen LogP) is 4.60. The molecule has 3 rings (SSSR count). The second-order valence-corrected chi connectivity index (χ2v) is 7.67. The Bertz CT molecular complexity index is 839. The lowest BCUT2D eigenvalue weighted by Gasteiger charge is -2.30. The molecule has 1 heterocycles. The quantitative estimate of drug-likeness (QED) is 0.825. The summed E-state index contributed by atoms with van der Waals surface area (Å²) in [5.41, 5.74) is 1.62. The molecule has 0 unspecified atom stereocenters. The van der Waals surface area contributed by atoms with E-state index in [1.165, 1.54) is 0 Å². The number of nitrogens with zero attached hydrogens (tertiary/aromatic N) is 1. The summed E-state index contributed by atoms with van der Waals surface area (Å²) < 4.78 is 5.76. The number of ether oxygens (including phenoxy) is 1.